The third-order valence-corrected chi connectivity index (χ3v) is 3.64. The Labute approximate surface area is 111 Å². The molecule has 1 aromatic carbocycles. The Morgan fingerprint density at radius 1 is 1.42 bits per heavy atom. The number of likely N-dealkylation sites (tertiary alicyclic amines) is 1. The summed E-state index contributed by atoms with van der Waals surface area (Å²) < 4.78 is 1.44. The topological polar surface area (TPSA) is 63.1 Å². The monoisotopic (exact) mass is 259 g/mol. The molecule has 0 radical (unpaired) electrons. The summed E-state index contributed by atoms with van der Waals surface area (Å²) in [5, 5.41) is 12.0. The standard InChI is InChI=1S/C13H17N5O/c1-14-10-6-7-17(8-10)9-18-13(19)11-4-2-3-5-12(11)15-16-18/h2-5,10,14H,6-9H2,1H3. The Balaban J connectivity index is 1.86. The summed E-state index contributed by atoms with van der Waals surface area (Å²) in [5.41, 5.74) is 0.580. The van der Waals surface area contributed by atoms with E-state index in [2.05, 4.69) is 20.5 Å². The first kappa shape index (κ1) is 12.3. The van der Waals surface area contributed by atoms with Gasteiger partial charge in [0.1, 0.15) is 5.52 Å². The Hall–Kier alpha value is -1.79. The van der Waals surface area contributed by atoms with E-state index in [0.29, 0.717) is 23.6 Å². The predicted octanol–water partition coefficient (Wildman–Crippen LogP) is 0.0427. The van der Waals surface area contributed by atoms with Crippen LogP contribution in [0.25, 0.3) is 10.9 Å². The summed E-state index contributed by atoms with van der Waals surface area (Å²) in [6, 6.07) is 7.81. The van der Waals surface area contributed by atoms with E-state index in [1.165, 1.54) is 4.68 Å². The van der Waals surface area contributed by atoms with Crippen LogP contribution in [0.5, 0.6) is 0 Å². The van der Waals surface area contributed by atoms with Crippen LogP contribution in [0.2, 0.25) is 0 Å². The van der Waals surface area contributed by atoms with Gasteiger partial charge in [0.2, 0.25) is 0 Å². The van der Waals surface area contributed by atoms with Gasteiger partial charge in [0.15, 0.2) is 0 Å². The van der Waals surface area contributed by atoms with Crippen LogP contribution in [0.1, 0.15) is 6.42 Å². The maximum Gasteiger partial charge on any atom is 0.278 e. The number of hydrogen-bond acceptors (Lipinski definition) is 5. The van der Waals surface area contributed by atoms with Crippen molar-refractivity contribution in [3.8, 4) is 0 Å². The molecule has 1 aliphatic heterocycles. The molecule has 0 amide bonds. The molecule has 6 heteroatoms. The minimum absolute atomic E-state index is 0.0708. The minimum atomic E-state index is -0.0708. The van der Waals surface area contributed by atoms with Gasteiger partial charge in [-0.05, 0) is 25.6 Å². The second-order valence-corrected chi connectivity index (χ2v) is 4.90. The van der Waals surface area contributed by atoms with E-state index in [0.717, 1.165) is 19.5 Å². The van der Waals surface area contributed by atoms with Crippen LogP contribution >= 0.6 is 0 Å². The summed E-state index contributed by atoms with van der Waals surface area (Å²) in [6.07, 6.45) is 1.10. The van der Waals surface area contributed by atoms with Crippen LogP contribution in [0, 0.1) is 0 Å². The zero-order chi connectivity index (χ0) is 13.2. The first-order chi connectivity index (χ1) is 9.28. The zero-order valence-corrected chi connectivity index (χ0v) is 10.9. The highest BCUT2D eigenvalue weighted by molar-refractivity contribution is 5.76. The number of likely N-dealkylation sites (N-methyl/N-ethyl adjacent to an activating group) is 1. The SMILES string of the molecule is CNC1CCN(Cn2nnc3ccccc3c2=O)C1. The van der Waals surface area contributed by atoms with E-state index in [1.807, 2.05) is 19.2 Å². The van der Waals surface area contributed by atoms with Gasteiger partial charge in [-0.2, -0.15) is 4.68 Å². The van der Waals surface area contributed by atoms with Gasteiger partial charge in [0.05, 0.1) is 12.1 Å². The maximum atomic E-state index is 12.3. The molecule has 1 atom stereocenters. The first-order valence-electron chi connectivity index (χ1n) is 6.50. The molecule has 2 aromatic rings. The highest BCUT2D eigenvalue weighted by atomic mass is 16.1. The summed E-state index contributed by atoms with van der Waals surface area (Å²) in [4.78, 5) is 14.5. The van der Waals surface area contributed by atoms with Gasteiger partial charge < -0.3 is 5.32 Å². The zero-order valence-electron chi connectivity index (χ0n) is 10.9. The molecule has 1 fully saturated rings. The minimum Gasteiger partial charge on any atom is -0.316 e. The van der Waals surface area contributed by atoms with Gasteiger partial charge in [0, 0.05) is 19.1 Å². The Morgan fingerprint density at radius 2 is 2.26 bits per heavy atom. The van der Waals surface area contributed by atoms with Gasteiger partial charge >= 0.3 is 0 Å². The molecule has 0 aliphatic carbocycles. The van der Waals surface area contributed by atoms with E-state index >= 15 is 0 Å². The fraction of sp³-hybridized carbons (Fsp3) is 0.462. The van der Waals surface area contributed by atoms with Crippen molar-refractivity contribution in [1.29, 1.82) is 0 Å². The number of rotatable bonds is 3. The number of hydrogen-bond donors (Lipinski definition) is 1. The normalized spacial score (nSPS) is 20.2. The van der Waals surface area contributed by atoms with E-state index in [1.54, 1.807) is 12.1 Å². The lowest BCUT2D eigenvalue weighted by molar-refractivity contribution is 0.240. The van der Waals surface area contributed by atoms with Gasteiger partial charge in [0.25, 0.3) is 5.56 Å². The Bertz CT molecular complexity index is 638. The van der Waals surface area contributed by atoms with Gasteiger partial charge in [-0.25, -0.2) is 0 Å². The van der Waals surface area contributed by atoms with Gasteiger partial charge in [-0.15, -0.1) is 5.10 Å². The molecule has 1 unspecified atom stereocenters. The second kappa shape index (κ2) is 5.07. The molecule has 1 N–H and O–H groups in total. The predicted molar refractivity (Wildman–Crippen MR) is 72.8 cm³/mol. The summed E-state index contributed by atoms with van der Waals surface area (Å²) >= 11 is 0. The molecule has 0 bridgehead atoms. The van der Waals surface area contributed by atoms with Crippen molar-refractivity contribution in [2.24, 2.45) is 0 Å². The lowest BCUT2D eigenvalue weighted by atomic mass is 10.2. The molecule has 6 nitrogen and oxygen atoms in total. The van der Waals surface area contributed by atoms with Crippen LogP contribution in [0.4, 0.5) is 0 Å². The van der Waals surface area contributed by atoms with Gasteiger partial charge in [-0.1, -0.05) is 17.3 Å². The lowest BCUT2D eigenvalue weighted by Crippen LogP contribution is -2.35. The molecule has 100 valence electrons. The molecule has 1 saturated heterocycles. The number of aromatic nitrogens is 3. The van der Waals surface area contributed by atoms with Crippen molar-refractivity contribution in [1.82, 2.24) is 25.2 Å². The van der Waals surface area contributed by atoms with Gasteiger partial charge in [-0.3, -0.25) is 9.69 Å². The largest absolute Gasteiger partial charge is 0.316 e. The summed E-state index contributed by atoms with van der Waals surface area (Å²) in [7, 11) is 1.97. The third-order valence-electron chi connectivity index (χ3n) is 3.64. The molecule has 19 heavy (non-hydrogen) atoms. The van der Waals surface area contributed by atoms with Crippen LogP contribution < -0.4 is 10.9 Å². The third kappa shape index (κ3) is 2.36. The molecular formula is C13H17N5O. The quantitative estimate of drug-likeness (QED) is 0.843. The Morgan fingerprint density at radius 3 is 3.05 bits per heavy atom. The van der Waals surface area contributed by atoms with Crippen LogP contribution in [0.15, 0.2) is 29.1 Å². The second-order valence-electron chi connectivity index (χ2n) is 4.90. The van der Waals surface area contributed by atoms with E-state index in [-0.39, 0.29) is 5.56 Å². The van der Waals surface area contributed by atoms with Crippen molar-refractivity contribution >= 4 is 10.9 Å². The van der Waals surface area contributed by atoms with E-state index in [9.17, 15) is 4.79 Å². The lowest BCUT2D eigenvalue weighted by Gasteiger charge is -2.16. The highest BCUT2D eigenvalue weighted by Crippen LogP contribution is 2.09. The van der Waals surface area contributed by atoms with Crippen molar-refractivity contribution in [3.63, 3.8) is 0 Å². The number of fused-ring (bicyclic) bond motifs is 1. The van der Waals surface area contributed by atoms with Crippen molar-refractivity contribution in [2.45, 2.75) is 19.1 Å². The average molecular weight is 259 g/mol. The first-order valence-corrected chi connectivity index (χ1v) is 6.50. The summed E-state index contributed by atoms with van der Waals surface area (Å²) in [6.45, 7) is 2.43. The molecule has 1 aliphatic rings. The molecule has 1 aromatic heterocycles. The van der Waals surface area contributed by atoms with Crippen LogP contribution in [0.3, 0.4) is 0 Å². The number of nitrogens with zero attached hydrogens (tertiary/aromatic N) is 4. The molecule has 3 rings (SSSR count). The van der Waals surface area contributed by atoms with E-state index < -0.39 is 0 Å². The average Bonchev–Trinajstić information content (AvgIpc) is 2.90. The highest BCUT2D eigenvalue weighted by Gasteiger charge is 2.21. The van der Waals surface area contributed by atoms with Crippen molar-refractivity contribution < 1.29 is 0 Å². The molecule has 0 saturated carbocycles. The maximum absolute atomic E-state index is 12.3. The number of nitrogens with one attached hydrogen (secondary N) is 1. The van der Waals surface area contributed by atoms with Crippen molar-refractivity contribution in [2.75, 3.05) is 20.1 Å². The fourth-order valence-electron chi connectivity index (χ4n) is 2.50. The fourth-order valence-corrected chi connectivity index (χ4v) is 2.50. The smallest absolute Gasteiger partial charge is 0.278 e. The molecule has 0 spiro atoms. The molecule has 2 heterocycles. The summed E-state index contributed by atoms with van der Waals surface area (Å²) in [5.74, 6) is 0. The van der Waals surface area contributed by atoms with Crippen LogP contribution in [-0.2, 0) is 6.67 Å². The van der Waals surface area contributed by atoms with Crippen LogP contribution in [-0.4, -0.2) is 46.1 Å². The molecular weight excluding hydrogens is 242 g/mol. The Kier molecular flexibility index (Phi) is 3.27. The van der Waals surface area contributed by atoms with E-state index in [4.69, 9.17) is 0 Å². The number of benzene rings is 1. The van der Waals surface area contributed by atoms with Crippen molar-refractivity contribution in [3.05, 3.63) is 34.6 Å².